The Bertz CT molecular complexity index is 809. The van der Waals surface area contributed by atoms with E-state index < -0.39 is 0 Å². The summed E-state index contributed by atoms with van der Waals surface area (Å²) in [4.78, 5) is 9.09. The molecular formula is C24H28N2O. The monoisotopic (exact) mass is 360 g/mol. The third kappa shape index (κ3) is 5.65. The number of rotatable bonds is 9. The highest BCUT2D eigenvalue weighted by Crippen LogP contribution is 2.24. The minimum atomic E-state index is 0.282. The van der Waals surface area contributed by atoms with Gasteiger partial charge < -0.3 is 5.11 Å². The van der Waals surface area contributed by atoms with Gasteiger partial charge in [-0.25, -0.2) is 9.97 Å². The lowest BCUT2D eigenvalue weighted by molar-refractivity contribution is 0.475. The van der Waals surface area contributed by atoms with Gasteiger partial charge in [-0.1, -0.05) is 75.4 Å². The Morgan fingerprint density at radius 3 is 1.81 bits per heavy atom. The molecule has 140 valence electrons. The SMILES string of the molecule is CCCCCCCCc1cnc(-c2ccc(-c3ccc(O)cc3)cc2)nc1. The van der Waals surface area contributed by atoms with Crippen molar-refractivity contribution >= 4 is 0 Å². The standard InChI is InChI=1S/C24H28N2O/c1-2-3-4-5-6-7-8-19-17-25-24(26-18-19)22-11-9-20(10-12-22)21-13-15-23(27)16-14-21/h9-18,27H,2-8H2,1H3. The van der Waals surface area contributed by atoms with Crippen LogP contribution in [0.15, 0.2) is 60.9 Å². The third-order valence-corrected chi connectivity index (χ3v) is 4.87. The number of aromatic hydroxyl groups is 1. The van der Waals surface area contributed by atoms with E-state index >= 15 is 0 Å². The number of phenolic OH excluding ortho intramolecular Hbond substituents is 1. The molecule has 1 N–H and O–H groups in total. The predicted molar refractivity (Wildman–Crippen MR) is 112 cm³/mol. The molecule has 1 heterocycles. The normalized spacial score (nSPS) is 10.9. The van der Waals surface area contributed by atoms with Gasteiger partial charge in [0.05, 0.1) is 0 Å². The topological polar surface area (TPSA) is 46.0 Å². The largest absolute Gasteiger partial charge is 0.508 e. The number of hydrogen-bond donors (Lipinski definition) is 1. The van der Waals surface area contributed by atoms with E-state index in [4.69, 9.17) is 0 Å². The van der Waals surface area contributed by atoms with Crippen LogP contribution in [0.3, 0.4) is 0 Å². The fraction of sp³-hybridized carbons (Fsp3) is 0.333. The van der Waals surface area contributed by atoms with Crippen LogP contribution in [0.25, 0.3) is 22.5 Å². The van der Waals surface area contributed by atoms with Gasteiger partial charge in [-0.05, 0) is 41.7 Å². The molecule has 0 fully saturated rings. The first-order chi connectivity index (χ1) is 13.3. The maximum Gasteiger partial charge on any atom is 0.159 e. The minimum absolute atomic E-state index is 0.282. The zero-order valence-corrected chi connectivity index (χ0v) is 16.1. The highest BCUT2D eigenvalue weighted by molar-refractivity contribution is 5.68. The zero-order valence-electron chi connectivity index (χ0n) is 16.1. The van der Waals surface area contributed by atoms with E-state index in [-0.39, 0.29) is 5.75 Å². The maximum absolute atomic E-state index is 9.40. The Balaban J connectivity index is 1.56. The maximum atomic E-state index is 9.40. The van der Waals surface area contributed by atoms with Gasteiger partial charge in [-0.15, -0.1) is 0 Å². The van der Waals surface area contributed by atoms with E-state index in [1.54, 1.807) is 12.1 Å². The fourth-order valence-electron chi connectivity index (χ4n) is 3.21. The van der Waals surface area contributed by atoms with Gasteiger partial charge in [0.15, 0.2) is 5.82 Å². The molecule has 0 bridgehead atoms. The average molecular weight is 361 g/mol. The molecular weight excluding hydrogens is 332 g/mol. The van der Waals surface area contributed by atoms with Gasteiger partial charge in [0.2, 0.25) is 0 Å². The number of benzene rings is 2. The van der Waals surface area contributed by atoms with Crippen molar-refractivity contribution in [2.75, 3.05) is 0 Å². The molecule has 0 saturated heterocycles. The van der Waals surface area contributed by atoms with Crippen molar-refractivity contribution in [3.8, 4) is 28.3 Å². The summed E-state index contributed by atoms with van der Waals surface area (Å²) in [5.74, 6) is 1.05. The number of unbranched alkanes of at least 4 members (excludes halogenated alkanes) is 5. The Labute approximate surface area is 162 Å². The number of hydrogen-bond acceptors (Lipinski definition) is 3. The summed E-state index contributed by atoms with van der Waals surface area (Å²) in [5, 5.41) is 9.40. The van der Waals surface area contributed by atoms with E-state index in [2.05, 4.69) is 29.0 Å². The first-order valence-corrected chi connectivity index (χ1v) is 9.97. The summed E-state index contributed by atoms with van der Waals surface area (Å²) in [7, 11) is 0. The number of aryl methyl sites for hydroxylation is 1. The van der Waals surface area contributed by atoms with Gasteiger partial charge >= 0.3 is 0 Å². The van der Waals surface area contributed by atoms with Crippen molar-refractivity contribution in [1.82, 2.24) is 9.97 Å². The quantitative estimate of drug-likeness (QED) is 0.448. The number of phenols is 1. The summed E-state index contributed by atoms with van der Waals surface area (Å²) in [5.41, 5.74) is 4.42. The highest BCUT2D eigenvalue weighted by Gasteiger charge is 2.04. The van der Waals surface area contributed by atoms with E-state index in [0.29, 0.717) is 0 Å². The van der Waals surface area contributed by atoms with Gasteiger partial charge in [0.1, 0.15) is 5.75 Å². The molecule has 3 rings (SSSR count). The number of nitrogens with zero attached hydrogens (tertiary/aromatic N) is 2. The van der Waals surface area contributed by atoms with Crippen LogP contribution < -0.4 is 0 Å². The molecule has 3 heteroatoms. The predicted octanol–water partition coefficient (Wildman–Crippen LogP) is 6.42. The van der Waals surface area contributed by atoms with Crippen LogP contribution in [-0.2, 0) is 6.42 Å². The fourth-order valence-corrected chi connectivity index (χ4v) is 3.21. The van der Waals surface area contributed by atoms with Gasteiger partial charge in [-0.2, -0.15) is 0 Å². The Morgan fingerprint density at radius 2 is 1.19 bits per heavy atom. The molecule has 0 aliphatic heterocycles. The molecule has 3 aromatic rings. The van der Waals surface area contributed by atoms with Crippen LogP contribution in [0, 0.1) is 0 Å². The molecule has 0 spiro atoms. The smallest absolute Gasteiger partial charge is 0.159 e. The van der Waals surface area contributed by atoms with Gasteiger partial charge in [0, 0.05) is 18.0 Å². The molecule has 1 aromatic heterocycles. The average Bonchev–Trinajstić information content (AvgIpc) is 2.72. The summed E-state index contributed by atoms with van der Waals surface area (Å²) in [6, 6.07) is 15.5. The zero-order chi connectivity index (χ0) is 18.9. The van der Waals surface area contributed by atoms with Crippen LogP contribution in [0.4, 0.5) is 0 Å². The highest BCUT2D eigenvalue weighted by atomic mass is 16.3. The van der Waals surface area contributed by atoms with Crippen LogP contribution in [-0.4, -0.2) is 15.1 Å². The lowest BCUT2D eigenvalue weighted by Gasteiger charge is -2.06. The van der Waals surface area contributed by atoms with Crippen LogP contribution in [0.1, 0.15) is 51.0 Å². The Kier molecular flexibility index (Phi) is 6.97. The van der Waals surface area contributed by atoms with Crippen LogP contribution >= 0.6 is 0 Å². The molecule has 0 atom stereocenters. The molecule has 27 heavy (non-hydrogen) atoms. The summed E-state index contributed by atoms with van der Waals surface area (Å²) >= 11 is 0. The van der Waals surface area contributed by atoms with E-state index in [1.807, 2.05) is 36.7 Å². The lowest BCUT2D eigenvalue weighted by Crippen LogP contribution is -1.93. The molecule has 0 saturated carbocycles. The summed E-state index contributed by atoms with van der Waals surface area (Å²) < 4.78 is 0. The van der Waals surface area contributed by atoms with Crippen LogP contribution in [0.5, 0.6) is 5.75 Å². The third-order valence-electron chi connectivity index (χ3n) is 4.87. The summed E-state index contributed by atoms with van der Waals surface area (Å²) in [6.45, 7) is 2.25. The minimum Gasteiger partial charge on any atom is -0.508 e. The second-order valence-electron chi connectivity index (χ2n) is 7.06. The number of aromatic nitrogens is 2. The molecule has 0 aliphatic rings. The van der Waals surface area contributed by atoms with E-state index in [9.17, 15) is 5.11 Å². The molecule has 2 aromatic carbocycles. The summed E-state index contributed by atoms with van der Waals surface area (Å²) in [6.07, 6.45) is 12.8. The van der Waals surface area contributed by atoms with Crippen molar-refractivity contribution < 1.29 is 5.11 Å². The van der Waals surface area contributed by atoms with Crippen molar-refractivity contribution in [1.29, 1.82) is 0 Å². The first kappa shape index (κ1) is 19.1. The van der Waals surface area contributed by atoms with Gasteiger partial charge in [0.25, 0.3) is 0 Å². The van der Waals surface area contributed by atoms with Gasteiger partial charge in [-0.3, -0.25) is 0 Å². The molecule has 0 unspecified atom stereocenters. The van der Waals surface area contributed by atoms with Crippen molar-refractivity contribution in [3.05, 3.63) is 66.5 Å². The van der Waals surface area contributed by atoms with E-state index in [0.717, 1.165) is 28.9 Å². The molecule has 0 amide bonds. The Hall–Kier alpha value is -2.68. The van der Waals surface area contributed by atoms with E-state index in [1.165, 1.54) is 44.1 Å². The Morgan fingerprint density at radius 1 is 0.667 bits per heavy atom. The van der Waals surface area contributed by atoms with Crippen LogP contribution in [0.2, 0.25) is 0 Å². The van der Waals surface area contributed by atoms with Crippen molar-refractivity contribution in [2.45, 2.75) is 51.9 Å². The lowest BCUT2D eigenvalue weighted by atomic mass is 10.0. The second kappa shape index (κ2) is 9.86. The van der Waals surface area contributed by atoms with Crippen molar-refractivity contribution in [2.24, 2.45) is 0 Å². The molecule has 0 radical (unpaired) electrons. The second-order valence-corrected chi connectivity index (χ2v) is 7.06. The molecule has 3 nitrogen and oxygen atoms in total. The van der Waals surface area contributed by atoms with Crippen molar-refractivity contribution in [3.63, 3.8) is 0 Å². The molecule has 0 aliphatic carbocycles. The first-order valence-electron chi connectivity index (χ1n) is 9.97.